The standard InChI is InChI=1S/C8H3F3O4/c9-2-1-3(12)6(11)4(5(2)10)7(13)8(14)15/h1,12H,(H,14,15). The molecule has 0 aliphatic carbocycles. The molecule has 0 saturated carbocycles. The molecule has 1 aromatic rings. The maximum Gasteiger partial charge on any atom is 0.377 e. The van der Waals surface area contributed by atoms with Gasteiger partial charge in [0.1, 0.15) is 5.56 Å². The van der Waals surface area contributed by atoms with Crippen molar-refractivity contribution >= 4 is 11.8 Å². The van der Waals surface area contributed by atoms with Crippen molar-refractivity contribution in [1.29, 1.82) is 0 Å². The number of carbonyl (C=O) groups excluding carboxylic acids is 1. The first kappa shape index (κ1) is 11.0. The minimum Gasteiger partial charge on any atom is -0.505 e. The molecule has 0 atom stereocenters. The summed E-state index contributed by atoms with van der Waals surface area (Å²) in [6, 6.07) is 0.100. The first-order valence-electron chi connectivity index (χ1n) is 3.50. The van der Waals surface area contributed by atoms with Crippen LogP contribution in [0.15, 0.2) is 6.07 Å². The van der Waals surface area contributed by atoms with Crippen molar-refractivity contribution in [3.63, 3.8) is 0 Å². The third-order valence-electron chi connectivity index (χ3n) is 1.56. The number of ketones is 1. The van der Waals surface area contributed by atoms with E-state index in [0.717, 1.165) is 0 Å². The van der Waals surface area contributed by atoms with E-state index in [4.69, 9.17) is 10.2 Å². The Bertz CT molecular complexity index is 429. The molecule has 0 saturated heterocycles. The molecule has 7 heteroatoms. The monoisotopic (exact) mass is 220 g/mol. The van der Waals surface area contributed by atoms with E-state index in [9.17, 15) is 22.8 Å². The van der Waals surface area contributed by atoms with Crippen LogP contribution in [0, 0.1) is 17.5 Å². The molecular formula is C8H3F3O4. The minimum absolute atomic E-state index is 0.100. The second kappa shape index (κ2) is 3.60. The van der Waals surface area contributed by atoms with E-state index in [2.05, 4.69) is 0 Å². The third-order valence-corrected chi connectivity index (χ3v) is 1.56. The van der Waals surface area contributed by atoms with Gasteiger partial charge in [-0.1, -0.05) is 0 Å². The van der Waals surface area contributed by atoms with E-state index >= 15 is 0 Å². The van der Waals surface area contributed by atoms with E-state index in [-0.39, 0.29) is 6.07 Å². The molecule has 1 rings (SSSR count). The van der Waals surface area contributed by atoms with E-state index < -0.39 is 40.5 Å². The van der Waals surface area contributed by atoms with Crippen molar-refractivity contribution in [3.8, 4) is 5.75 Å². The smallest absolute Gasteiger partial charge is 0.377 e. The number of hydrogen-bond acceptors (Lipinski definition) is 3. The van der Waals surface area contributed by atoms with Crippen molar-refractivity contribution in [2.24, 2.45) is 0 Å². The number of hydrogen-bond donors (Lipinski definition) is 2. The molecule has 0 aliphatic rings. The van der Waals surface area contributed by atoms with Crippen molar-refractivity contribution in [1.82, 2.24) is 0 Å². The van der Waals surface area contributed by atoms with E-state index in [1.54, 1.807) is 0 Å². The molecule has 0 fully saturated rings. The van der Waals surface area contributed by atoms with Gasteiger partial charge >= 0.3 is 5.97 Å². The second-order valence-corrected chi connectivity index (χ2v) is 2.51. The number of carbonyl (C=O) groups is 2. The number of aliphatic carboxylic acids is 1. The van der Waals surface area contributed by atoms with E-state index in [0.29, 0.717) is 0 Å². The highest BCUT2D eigenvalue weighted by Gasteiger charge is 2.28. The molecule has 0 amide bonds. The van der Waals surface area contributed by atoms with Crippen molar-refractivity contribution in [2.75, 3.05) is 0 Å². The quantitative estimate of drug-likeness (QED) is 0.444. The van der Waals surface area contributed by atoms with Gasteiger partial charge in [0, 0.05) is 6.07 Å². The number of aromatic hydroxyl groups is 1. The van der Waals surface area contributed by atoms with Crippen molar-refractivity contribution in [2.45, 2.75) is 0 Å². The maximum atomic E-state index is 12.9. The lowest BCUT2D eigenvalue weighted by Crippen LogP contribution is -2.17. The molecule has 0 heterocycles. The van der Waals surface area contributed by atoms with Gasteiger partial charge in [0.05, 0.1) is 0 Å². The normalized spacial score (nSPS) is 10.1. The molecule has 15 heavy (non-hydrogen) atoms. The Morgan fingerprint density at radius 3 is 2.13 bits per heavy atom. The highest BCUT2D eigenvalue weighted by atomic mass is 19.2. The molecule has 0 bridgehead atoms. The van der Waals surface area contributed by atoms with Crippen LogP contribution in [-0.4, -0.2) is 22.0 Å². The Morgan fingerprint density at radius 2 is 1.67 bits per heavy atom. The summed E-state index contributed by atoms with van der Waals surface area (Å²) in [7, 11) is 0. The summed E-state index contributed by atoms with van der Waals surface area (Å²) >= 11 is 0. The highest BCUT2D eigenvalue weighted by molar-refractivity contribution is 6.40. The van der Waals surface area contributed by atoms with Gasteiger partial charge in [-0.25, -0.2) is 18.0 Å². The fourth-order valence-corrected chi connectivity index (χ4v) is 0.897. The molecule has 0 aromatic heterocycles. The summed E-state index contributed by atoms with van der Waals surface area (Å²) in [5.41, 5.74) is -1.63. The van der Waals surface area contributed by atoms with Gasteiger partial charge in [-0.3, -0.25) is 4.79 Å². The predicted octanol–water partition coefficient (Wildman–Crippen LogP) is 1.08. The van der Waals surface area contributed by atoms with Crippen LogP contribution in [0.3, 0.4) is 0 Å². The third kappa shape index (κ3) is 1.76. The number of phenolic OH excluding ortho intramolecular Hbond substituents is 1. The number of Topliss-reactive ketones (excluding diaryl/α,β-unsaturated/α-hetero) is 1. The lowest BCUT2D eigenvalue weighted by molar-refractivity contribution is -0.131. The Kier molecular flexibility index (Phi) is 2.65. The van der Waals surface area contributed by atoms with Crippen LogP contribution in [0.4, 0.5) is 13.2 Å². The summed E-state index contributed by atoms with van der Waals surface area (Å²) in [6.45, 7) is 0. The molecule has 0 spiro atoms. The molecule has 0 aliphatic heterocycles. The number of benzene rings is 1. The van der Waals surface area contributed by atoms with Gasteiger partial charge in [-0.05, 0) is 0 Å². The second-order valence-electron chi connectivity index (χ2n) is 2.51. The van der Waals surface area contributed by atoms with Crippen molar-refractivity contribution in [3.05, 3.63) is 29.1 Å². The number of carboxylic acids is 1. The zero-order chi connectivity index (χ0) is 11.7. The van der Waals surface area contributed by atoms with Gasteiger partial charge in [0.15, 0.2) is 23.2 Å². The average Bonchev–Trinajstić information content (AvgIpc) is 2.15. The van der Waals surface area contributed by atoms with Crippen LogP contribution in [0.25, 0.3) is 0 Å². The van der Waals surface area contributed by atoms with E-state index in [1.165, 1.54) is 0 Å². The molecule has 0 radical (unpaired) electrons. The van der Waals surface area contributed by atoms with Crippen molar-refractivity contribution < 1.29 is 33.0 Å². The summed E-state index contributed by atoms with van der Waals surface area (Å²) in [5.74, 6) is -10.9. The fourth-order valence-electron chi connectivity index (χ4n) is 0.897. The van der Waals surface area contributed by atoms with Gasteiger partial charge in [0.2, 0.25) is 0 Å². The van der Waals surface area contributed by atoms with E-state index in [1.807, 2.05) is 0 Å². The van der Waals surface area contributed by atoms with Gasteiger partial charge in [0.25, 0.3) is 5.78 Å². The molecule has 1 aromatic carbocycles. The zero-order valence-corrected chi connectivity index (χ0v) is 6.92. The molecule has 80 valence electrons. The van der Waals surface area contributed by atoms with Gasteiger partial charge in [-0.15, -0.1) is 0 Å². The van der Waals surface area contributed by atoms with Crippen LogP contribution < -0.4 is 0 Å². The zero-order valence-electron chi connectivity index (χ0n) is 6.92. The largest absolute Gasteiger partial charge is 0.505 e. The van der Waals surface area contributed by atoms with Crippen LogP contribution in [-0.2, 0) is 4.79 Å². The topological polar surface area (TPSA) is 74.6 Å². The fraction of sp³-hybridized carbons (Fsp3) is 0. The summed E-state index contributed by atoms with van der Waals surface area (Å²) in [5, 5.41) is 16.9. The van der Waals surface area contributed by atoms with Crippen LogP contribution >= 0.6 is 0 Å². The lowest BCUT2D eigenvalue weighted by atomic mass is 10.1. The Labute approximate surface area is 80.6 Å². The number of carboxylic acid groups (broad SMARTS) is 1. The average molecular weight is 220 g/mol. The summed E-state index contributed by atoms with van der Waals surface area (Å²) in [6.07, 6.45) is 0. The van der Waals surface area contributed by atoms with Crippen LogP contribution in [0.1, 0.15) is 10.4 Å². The molecular weight excluding hydrogens is 217 g/mol. The number of halogens is 3. The maximum absolute atomic E-state index is 12.9. The minimum atomic E-state index is -2.15. The predicted molar refractivity (Wildman–Crippen MR) is 39.9 cm³/mol. The summed E-state index contributed by atoms with van der Waals surface area (Å²) < 4.78 is 38.4. The van der Waals surface area contributed by atoms with Crippen LogP contribution in [0.2, 0.25) is 0 Å². The molecule has 2 N–H and O–H groups in total. The lowest BCUT2D eigenvalue weighted by Gasteiger charge is -2.03. The molecule has 0 unspecified atom stereocenters. The Morgan fingerprint density at radius 1 is 1.13 bits per heavy atom. The molecule has 4 nitrogen and oxygen atoms in total. The van der Waals surface area contributed by atoms with Gasteiger partial charge in [-0.2, -0.15) is 0 Å². The number of phenols is 1. The highest BCUT2D eigenvalue weighted by Crippen LogP contribution is 2.25. The van der Waals surface area contributed by atoms with Gasteiger partial charge < -0.3 is 10.2 Å². The Balaban J connectivity index is 3.53. The SMILES string of the molecule is O=C(O)C(=O)c1c(F)c(O)cc(F)c1F. The first-order valence-corrected chi connectivity index (χ1v) is 3.50. The Hall–Kier alpha value is -2.05. The van der Waals surface area contributed by atoms with Crippen LogP contribution in [0.5, 0.6) is 5.75 Å². The summed E-state index contributed by atoms with van der Waals surface area (Å²) in [4.78, 5) is 20.9. The first-order chi connectivity index (χ1) is 6.86. The number of rotatable bonds is 2.